The summed E-state index contributed by atoms with van der Waals surface area (Å²) < 4.78 is 1.45. The van der Waals surface area contributed by atoms with Crippen LogP contribution in [0.5, 0.6) is 0 Å². The fourth-order valence-corrected chi connectivity index (χ4v) is 4.80. The average Bonchev–Trinajstić information content (AvgIpc) is 3.37. The molecule has 7 heteroatoms. The summed E-state index contributed by atoms with van der Waals surface area (Å²) in [6, 6.07) is 24.1. The molecule has 0 atom stereocenters. The van der Waals surface area contributed by atoms with Crippen LogP contribution in [0.2, 0.25) is 10.0 Å². The summed E-state index contributed by atoms with van der Waals surface area (Å²) in [5, 5.41) is 5.77. The smallest absolute Gasteiger partial charge is 0.320 e. The van der Waals surface area contributed by atoms with E-state index in [1.54, 1.807) is 6.20 Å². The van der Waals surface area contributed by atoms with Crippen molar-refractivity contribution in [2.75, 3.05) is 26.2 Å². The predicted octanol–water partition coefficient (Wildman–Crippen LogP) is 6.54. The lowest BCUT2D eigenvalue weighted by molar-refractivity contribution is 0.119. The molecule has 0 spiro atoms. The number of halogens is 2. The zero-order valence-electron chi connectivity index (χ0n) is 19.4. The molecule has 1 saturated heterocycles. The molecule has 0 bridgehead atoms. The summed E-state index contributed by atoms with van der Waals surface area (Å²) >= 11 is 12.3. The van der Waals surface area contributed by atoms with E-state index in [0.717, 1.165) is 35.3 Å². The van der Waals surface area contributed by atoms with Crippen LogP contribution in [0, 0.1) is 6.92 Å². The van der Waals surface area contributed by atoms with Gasteiger partial charge in [0.2, 0.25) is 0 Å². The molecule has 1 amide bonds. The third kappa shape index (κ3) is 5.27. The van der Waals surface area contributed by atoms with Gasteiger partial charge in [-0.1, -0.05) is 77.3 Å². The van der Waals surface area contributed by atoms with Crippen molar-refractivity contribution in [3.63, 3.8) is 0 Å². The first-order chi connectivity index (χ1) is 17.0. The minimum atomic E-state index is -0.0995. The van der Waals surface area contributed by atoms with Crippen LogP contribution in [0.3, 0.4) is 0 Å². The zero-order chi connectivity index (χ0) is 24.4. The third-order valence-electron chi connectivity index (χ3n) is 6.48. The van der Waals surface area contributed by atoms with E-state index in [0.29, 0.717) is 23.1 Å². The number of aromatic nitrogens is 2. The van der Waals surface area contributed by atoms with Crippen molar-refractivity contribution in [2.24, 2.45) is 0 Å². The molecule has 0 aliphatic carbocycles. The summed E-state index contributed by atoms with van der Waals surface area (Å²) in [6.07, 6.45) is 3.56. The summed E-state index contributed by atoms with van der Waals surface area (Å²) in [4.78, 5) is 17.4. The molecule has 5 nitrogen and oxygen atoms in total. The van der Waals surface area contributed by atoms with E-state index in [2.05, 4.69) is 53.3 Å². The maximum atomic E-state index is 13.2. The first kappa shape index (κ1) is 23.6. The third-order valence-corrected chi connectivity index (χ3v) is 6.99. The topological polar surface area (TPSA) is 41.4 Å². The van der Waals surface area contributed by atoms with Gasteiger partial charge in [0.25, 0.3) is 0 Å². The van der Waals surface area contributed by atoms with Crippen molar-refractivity contribution in [3.8, 4) is 11.1 Å². The number of amides is 1. The molecule has 178 valence electrons. The first-order valence-corrected chi connectivity index (χ1v) is 12.4. The van der Waals surface area contributed by atoms with Crippen molar-refractivity contribution in [1.82, 2.24) is 19.6 Å². The molecule has 2 heterocycles. The van der Waals surface area contributed by atoms with Crippen LogP contribution in [0.15, 0.2) is 85.2 Å². The van der Waals surface area contributed by atoms with E-state index >= 15 is 0 Å². The van der Waals surface area contributed by atoms with Gasteiger partial charge in [-0.25, -0.2) is 4.79 Å². The summed E-state index contributed by atoms with van der Waals surface area (Å²) in [7, 11) is 0. The van der Waals surface area contributed by atoms with Gasteiger partial charge in [0.1, 0.15) is 0 Å². The van der Waals surface area contributed by atoms with Crippen LogP contribution < -0.4 is 0 Å². The van der Waals surface area contributed by atoms with Crippen LogP contribution in [0.1, 0.15) is 22.7 Å². The minimum Gasteiger partial charge on any atom is -0.320 e. The standard InChI is InChI=1S/C28H26Cl2N4O/c1-20-2-4-21(5-3-20)24-18-31-34(19-24)28(35)33-16-14-32(15-17-33)27(22-6-10-25(29)11-7-22)23-8-12-26(30)13-9-23/h2-13,18-19,27H,14-17H2,1H3. The average molecular weight is 505 g/mol. The zero-order valence-corrected chi connectivity index (χ0v) is 21.0. The van der Waals surface area contributed by atoms with Crippen molar-refractivity contribution < 1.29 is 4.79 Å². The molecule has 3 aromatic carbocycles. The Bertz CT molecular complexity index is 1250. The number of hydrogen-bond acceptors (Lipinski definition) is 3. The molecular weight excluding hydrogens is 479 g/mol. The molecule has 1 aromatic heterocycles. The number of nitrogens with zero attached hydrogens (tertiary/aromatic N) is 4. The van der Waals surface area contributed by atoms with Gasteiger partial charge in [0, 0.05) is 48.0 Å². The van der Waals surface area contributed by atoms with Crippen LogP contribution in [0.4, 0.5) is 4.79 Å². The minimum absolute atomic E-state index is 0.0552. The molecule has 0 N–H and O–H groups in total. The molecule has 35 heavy (non-hydrogen) atoms. The highest BCUT2D eigenvalue weighted by Gasteiger charge is 2.29. The summed E-state index contributed by atoms with van der Waals surface area (Å²) in [6.45, 7) is 4.79. The van der Waals surface area contributed by atoms with Gasteiger partial charge >= 0.3 is 6.03 Å². The van der Waals surface area contributed by atoms with E-state index < -0.39 is 0 Å². The second-order valence-electron chi connectivity index (χ2n) is 8.85. The number of carbonyl (C=O) groups is 1. The van der Waals surface area contributed by atoms with E-state index in [1.807, 2.05) is 47.5 Å². The van der Waals surface area contributed by atoms with Gasteiger partial charge < -0.3 is 4.90 Å². The lowest BCUT2D eigenvalue weighted by Crippen LogP contribution is -2.51. The summed E-state index contributed by atoms with van der Waals surface area (Å²) in [5.74, 6) is 0. The largest absolute Gasteiger partial charge is 0.344 e. The van der Waals surface area contributed by atoms with E-state index in [-0.39, 0.29) is 12.1 Å². The molecular formula is C28H26Cl2N4O. The van der Waals surface area contributed by atoms with Crippen LogP contribution in [-0.4, -0.2) is 51.8 Å². The van der Waals surface area contributed by atoms with Crippen molar-refractivity contribution in [3.05, 3.63) is 112 Å². The van der Waals surface area contributed by atoms with Gasteiger partial charge in [0.15, 0.2) is 0 Å². The molecule has 1 fully saturated rings. The number of carbonyl (C=O) groups excluding carboxylic acids is 1. The van der Waals surface area contributed by atoms with Gasteiger partial charge in [-0.2, -0.15) is 9.78 Å². The van der Waals surface area contributed by atoms with E-state index in [9.17, 15) is 4.79 Å². The van der Waals surface area contributed by atoms with Gasteiger partial charge in [-0.15, -0.1) is 0 Å². The maximum Gasteiger partial charge on any atom is 0.344 e. The molecule has 0 unspecified atom stereocenters. The molecule has 0 radical (unpaired) electrons. The van der Waals surface area contributed by atoms with Crippen molar-refractivity contribution in [1.29, 1.82) is 0 Å². The fraction of sp³-hybridized carbons (Fsp3) is 0.214. The van der Waals surface area contributed by atoms with Crippen LogP contribution in [0.25, 0.3) is 11.1 Å². The summed E-state index contributed by atoms with van der Waals surface area (Å²) in [5.41, 5.74) is 5.50. The second-order valence-corrected chi connectivity index (χ2v) is 9.72. The number of piperazine rings is 1. The first-order valence-electron chi connectivity index (χ1n) is 11.6. The highest BCUT2D eigenvalue weighted by Crippen LogP contribution is 2.31. The Morgan fingerprint density at radius 2 is 1.31 bits per heavy atom. The lowest BCUT2D eigenvalue weighted by Gasteiger charge is -2.39. The van der Waals surface area contributed by atoms with Gasteiger partial charge in [-0.3, -0.25) is 4.90 Å². The highest BCUT2D eigenvalue weighted by molar-refractivity contribution is 6.30. The number of rotatable bonds is 4. The van der Waals surface area contributed by atoms with Gasteiger partial charge in [0.05, 0.1) is 12.2 Å². The molecule has 1 aliphatic rings. The quantitative estimate of drug-likeness (QED) is 0.316. The van der Waals surface area contributed by atoms with Crippen molar-refractivity contribution >= 4 is 29.2 Å². The van der Waals surface area contributed by atoms with E-state index in [4.69, 9.17) is 23.2 Å². The number of benzene rings is 3. The highest BCUT2D eigenvalue weighted by atomic mass is 35.5. The monoisotopic (exact) mass is 504 g/mol. The van der Waals surface area contributed by atoms with Crippen LogP contribution >= 0.6 is 23.2 Å². The number of hydrogen-bond donors (Lipinski definition) is 0. The lowest BCUT2D eigenvalue weighted by atomic mass is 9.96. The molecule has 1 aliphatic heterocycles. The maximum absolute atomic E-state index is 13.2. The second kappa shape index (κ2) is 10.2. The Labute approximate surface area is 215 Å². The van der Waals surface area contributed by atoms with E-state index in [1.165, 1.54) is 10.2 Å². The molecule has 0 saturated carbocycles. The Morgan fingerprint density at radius 3 is 1.86 bits per heavy atom. The van der Waals surface area contributed by atoms with Gasteiger partial charge in [-0.05, 0) is 47.9 Å². The Kier molecular flexibility index (Phi) is 6.91. The SMILES string of the molecule is Cc1ccc(-c2cnn(C(=O)N3CCN(C(c4ccc(Cl)cc4)c4ccc(Cl)cc4)CC3)c2)cc1. The molecule has 5 rings (SSSR count). The Hall–Kier alpha value is -3.12. The number of aryl methyl sites for hydroxylation is 1. The van der Waals surface area contributed by atoms with Crippen LogP contribution in [-0.2, 0) is 0 Å². The predicted molar refractivity (Wildman–Crippen MR) is 141 cm³/mol. The fourth-order valence-electron chi connectivity index (χ4n) is 4.54. The molecule has 4 aromatic rings. The van der Waals surface area contributed by atoms with Crippen molar-refractivity contribution in [2.45, 2.75) is 13.0 Å². The Morgan fingerprint density at radius 1 is 0.771 bits per heavy atom. The normalized spacial score (nSPS) is 14.5. The Balaban J connectivity index is 1.30.